The standard InChI is InChI=1S/C26H35N7O5S/c1-14(2)7-21(26(37)38)32-25(36)22(12-39)33-24(35)20(9-16-11-28-13-30-16)31-23(34)18(27)8-15-10-29-19-6-4-3-5-17(15)19/h3-6,10-11,13-14,18,20-22,29,39H,7-9,12,27H2,1-2H3,(H,28,30)(H,31,34)(H,32,36)(H,33,35)(H,37,38). The number of nitrogens with zero attached hydrogens (tertiary/aromatic N) is 1. The molecule has 2 aromatic heterocycles. The topological polar surface area (TPSA) is 195 Å². The number of rotatable bonds is 14. The summed E-state index contributed by atoms with van der Waals surface area (Å²) in [5.41, 5.74) is 8.58. The molecule has 0 aliphatic heterocycles. The molecule has 0 aliphatic rings. The van der Waals surface area contributed by atoms with Crippen LogP contribution in [0.5, 0.6) is 0 Å². The third kappa shape index (κ3) is 8.32. The Balaban J connectivity index is 1.69. The Hall–Kier alpha value is -3.84. The molecule has 1 aromatic carbocycles. The summed E-state index contributed by atoms with van der Waals surface area (Å²) in [6.07, 6.45) is 5.28. The third-order valence-electron chi connectivity index (χ3n) is 6.20. The van der Waals surface area contributed by atoms with E-state index in [0.29, 0.717) is 5.69 Å². The van der Waals surface area contributed by atoms with Crippen molar-refractivity contribution >= 4 is 47.2 Å². The first-order valence-corrected chi connectivity index (χ1v) is 13.2. The van der Waals surface area contributed by atoms with Crippen molar-refractivity contribution < 1.29 is 24.3 Å². The van der Waals surface area contributed by atoms with Gasteiger partial charge in [0.05, 0.1) is 12.4 Å². The maximum atomic E-state index is 13.3. The summed E-state index contributed by atoms with van der Waals surface area (Å²) < 4.78 is 0. The molecular formula is C26H35N7O5S. The normalized spacial score (nSPS) is 14.4. The van der Waals surface area contributed by atoms with Crippen molar-refractivity contribution in [1.29, 1.82) is 0 Å². The quantitative estimate of drug-likeness (QED) is 0.132. The molecule has 13 heteroatoms. The average molecular weight is 558 g/mol. The molecule has 4 unspecified atom stereocenters. The molecule has 0 bridgehead atoms. The number of hydrogen-bond donors (Lipinski definition) is 8. The van der Waals surface area contributed by atoms with Crippen LogP contribution >= 0.6 is 12.6 Å². The Kier molecular flexibility index (Phi) is 10.5. The third-order valence-corrected chi connectivity index (χ3v) is 6.57. The number of aromatic nitrogens is 3. The SMILES string of the molecule is CC(C)CC(NC(=O)C(CS)NC(=O)C(Cc1cnc[nH]1)NC(=O)C(N)Cc1c[nH]c2ccccc12)C(=O)O. The van der Waals surface area contributed by atoms with Gasteiger partial charge in [0.15, 0.2) is 0 Å². The van der Waals surface area contributed by atoms with Crippen LogP contribution in [-0.4, -0.2) is 73.7 Å². The molecule has 0 spiro atoms. The molecule has 0 saturated carbocycles. The van der Waals surface area contributed by atoms with Crippen LogP contribution in [0.15, 0.2) is 43.0 Å². The highest BCUT2D eigenvalue weighted by Crippen LogP contribution is 2.19. The molecular weight excluding hydrogens is 522 g/mol. The van der Waals surface area contributed by atoms with Gasteiger partial charge in [-0.25, -0.2) is 9.78 Å². The summed E-state index contributed by atoms with van der Waals surface area (Å²) in [5.74, 6) is -3.12. The predicted octanol–water partition coefficient (Wildman–Crippen LogP) is 0.518. The molecule has 0 aliphatic carbocycles. The monoisotopic (exact) mass is 557 g/mol. The fraction of sp³-hybridized carbons (Fsp3) is 0.423. The van der Waals surface area contributed by atoms with Crippen molar-refractivity contribution in [2.75, 3.05) is 5.75 Å². The first kappa shape index (κ1) is 29.7. The number of aliphatic carboxylic acids is 1. The van der Waals surface area contributed by atoms with Crippen molar-refractivity contribution in [3.8, 4) is 0 Å². The summed E-state index contributed by atoms with van der Waals surface area (Å²) >= 11 is 4.16. The van der Waals surface area contributed by atoms with E-state index in [0.717, 1.165) is 16.5 Å². The zero-order valence-electron chi connectivity index (χ0n) is 21.8. The summed E-state index contributed by atoms with van der Waals surface area (Å²) in [4.78, 5) is 60.7. The van der Waals surface area contributed by atoms with Crippen LogP contribution in [0.3, 0.4) is 0 Å². The molecule has 3 aromatic rings. The molecule has 3 amide bonds. The highest BCUT2D eigenvalue weighted by molar-refractivity contribution is 7.80. The Morgan fingerprint density at radius 3 is 2.28 bits per heavy atom. The van der Waals surface area contributed by atoms with Gasteiger partial charge in [-0.3, -0.25) is 14.4 Å². The van der Waals surface area contributed by atoms with Gasteiger partial charge in [0.1, 0.15) is 18.1 Å². The van der Waals surface area contributed by atoms with E-state index in [1.54, 1.807) is 6.20 Å². The highest BCUT2D eigenvalue weighted by atomic mass is 32.1. The van der Waals surface area contributed by atoms with E-state index in [4.69, 9.17) is 5.73 Å². The number of carbonyl (C=O) groups is 4. The Bertz CT molecular complexity index is 1280. The summed E-state index contributed by atoms with van der Waals surface area (Å²) in [5, 5.41) is 18.1. The lowest BCUT2D eigenvalue weighted by Crippen LogP contribution is -2.58. The van der Waals surface area contributed by atoms with Crippen LogP contribution in [0.4, 0.5) is 0 Å². The number of fused-ring (bicyclic) bond motifs is 1. The molecule has 12 nitrogen and oxygen atoms in total. The van der Waals surface area contributed by atoms with Crippen molar-refractivity contribution in [2.24, 2.45) is 11.7 Å². The number of nitrogens with one attached hydrogen (secondary N) is 5. The van der Waals surface area contributed by atoms with Gasteiger partial charge in [-0.15, -0.1) is 0 Å². The zero-order valence-corrected chi connectivity index (χ0v) is 22.7. The van der Waals surface area contributed by atoms with Gasteiger partial charge in [-0.05, 0) is 30.4 Å². The number of benzene rings is 1. The van der Waals surface area contributed by atoms with E-state index in [1.807, 2.05) is 38.1 Å². The second-order valence-electron chi connectivity index (χ2n) is 9.78. The van der Waals surface area contributed by atoms with E-state index in [9.17, 15) is 24.3 Å². The molecule has 210 valence electrons. The first-order chi connectivity index (χ1) is 18.6. The Labute approximate surface area is 231 Å². The largest absolute Gasteiger partial charge is 0.480 e. The first-order valence-electron chi connectivity index (χ1n) is 12.6. The molecule has 4 atom stereocenters. The van der Waals surface area contributed by atoms with Gasteiger partial charge in [-0.2, -0.15) is 12.6 Å². The maximum absolute atomic E-state index is 13.3. The number of para-hydroxylation sites is 1. The Morgan fingerprint density at radius 2 is 1.64 bits per heavy atom. The number of carboxylic acids is 1. The van der Waals surface area contributed by atoms with E-state index in [1.165, 1.54) is 12.5 Å². The lowest BCUT2D eigenvalue weighted by atomic mass is 10.0. The van der Waals surface area contributed by atoms with E-state index in [2.05, 4.69) is 43.5 Å². The minimum absolute atomic E-state index is 0.0258. The van der Waals surface area contributed by atoms with Gasteiger partial charge in [-0.1, -0.05) is 32.0 Å². The fourth-order valence-corrected chi connectivity index (χ4v) is 4.42. The average Bonchev–Trinajstić information content (AvgIpc) is 3.56. The van der Waals surface area contributed by atoms with Crippen molar-refractivity contribution in [3.05, 3.63) is 54.2 Å². The van der Waals surface area contributed by atoms with Crippen LogP contribution in [0, 0.1) is 5.92 Å². The number of H-pyrrole nitrogens is 2. The molecule has 39 heavy (non-hydrogen) atoms. The van der Waals surface area contributed by atoms with Gasteiger partial charge in [0, 0.05) is 41.2 Å². The highest BCUT2D eigenvalue weighted by Gasteiger charge is 2.30. The van der Waals surface area contributed by atoms with Crippen LogP contribution in [-0.2, 0) is 32.0 Å². The van der Waals surface area contributed by atoms with Gasteiger partial charge in [0.2, 0.25) is 17.7 Å². The lowest BCUT2D eigenvalue weighted by Gasteiger charge is -2.24. The maximum Gasteiger partial charge on any atom is 0.326 e. The van der Waals surface area contributed by atoms with Gasteiger partial charge >= 0.3 is 5.97 Å². The van der Waals surface area contributed by atoms with Crippen LogP contribution in [0.25, 0.3) is 10.9 Å². The van der Waals surface area contributed by atoms with Crippen LogP contribution in [0.1, 0.15) is 31.5 Å². The summed E-state index contributed by atoms with van der Waals surface area (Å²) in [7, 11) is 0. The molecule has 0 radical (unpaired) electrons. The minimum atomic E-state index is -1.17. The molecule has 0 saturated heterocycles. The minimum Gasteiger partial charge on any atom is -0.480 e. The van der Waals surface area contributed by atoms with Crippen LogP contribution < -0.4 is 21.7 Å². The number of thiol groups is 1. The number of carbonyl (C=O) groups excluding carboxylic acids is 3. The molecule has 8 N–H and O–H groups in total. The number of amides is 3. The second kappa shape index (κ2) is 13.8. The number of carboxylic acid groups (broad SMARTS) is 1. The second-order valence-corrected chi connectivity index (χ2v) is 10.2. The van der Waals surface area contributed by atoms with E-state index < -0.39 is 47.9 Å². The molecule has 2 heterocycles. The summed E-state index contributed by atoms with van der Waals surface area (Å²) in [6, 6.07) is 3.37. The van der Waals surface area contributed by atoms with Crippen molar-refractivity contribution in [1.82, 2.24) is 30.9 Å². The number of hydrogen-bond acceptors (Lipinski definition) is 7. The van der Waals surface area contributed by atoms with Crippen molar-refractivity contribution in [2.45, 2.75) is 57.3 Å². The Morgan fingerprint density at radius 1 is 0.974 bits per heavy atom. The van der Waals surface area contributed by atoms with Gasteiger partial charge < -0.3 is 36.8 Å². The number of nitrogens with two attached hydrogens (primary N) is 1. The van der Waals surface area contributed by atoms with Crippen LogP contribution in [0.2, 0.25) is 0 Å². The van der Waals surface area contributed by atoms with E-state index >= 15 is 0 Å². The number of aromatic amines is 2. The fourth-order valence-electron chi connectivity index (χ4n) is 4.17. The smallest absolute Gasteiger partial charge is 0.326 e. The van der Waals surface area contributed by atoms with Gasteiger partial charge in [0.25, 0.3) is 0 Å². The zero-order chi connectivity index (χ0) is 28.5. The van der Waals surface area contributed by atoms with Crippen molar-refractivity contribution in [3.63, 3.8) is 0 Å². The molecule has 0 fully saturated rings. The number of imidazole rings is 1. The molecule has 3 rings (SSSR count). The van der Waals surface area contributed by atoms with E-state index in [-0.39, 0.29) is 30.9 Å². The lowest BCUT2D eigenvalue weighted by molar-refractivity contribution is -0.142. The predicted molar refractivity (Wildman–Crippen MR) is 149 cm³/mol. The summed E-state index contributed by atoms with van der Waals surface area (Å²) in [6.45, 7) is 3.68.